The first-order valence-corrected chi connectivity index (χ1v) is 4.42. The van der Waals surface area contributed by atoms with Gasteiger partial charge in [0.05, 0.1) is 6.61 Å². The van der Waals surface area contributed by atoms with Gasteiger partial charge < -0.3 is 11.5 Å². The molecule has 0 aromatic rings. The topological polar surface area (TPSA) is 64.5 Å². The zero-order valence-corrected chi connectivity index (χ0v) is 8.20. The summed E-state index contributed by atoms with van der Waals surface area (Å²) in [6.45, 7) is 7.42. The van der Waals surface area contributed by atoms with E-state index in [-0.39, 0.29) is 0 Å². The van der Waals surface area contributed by atoms with Gasteiger partial charge in [-0.3, -0.25) is 4.84 Å². The lowest BCUT2D eigenvalue weighted by molar-refractivity contribution is -0.119. The van der Waals surface area contributed by atoms with Crippen LogP contribution in [0.2, 0.25) is 0 Å². The van der Waals surface area contributed by atoms with Gasteiger partial charge in [0.25, 0.3) is 0 Å². The Morgan fingerprint density at radius 3 is 2.69 bits per heavy atom. The minimum absolute atomic E-state index is 0.433. The number of hydrogen-bond donors (Lipinski definition) is 2. The maximum Gasteiger partial charge on any atom is 0.116 e. The highest BCUT2D eigenvalue weighted by molar-refractivity contribution is 4.84. The molecule has 4 heteroatoms. The van der Waals surface area contributed by atoms with Crippen LogP contribution in [-0.4, -0.2) is 24.8 Å². The molecule has 0 bridgehead atoms. The zero-order chi connectivity index (χ0) is 10.1. The van der Waals surface area contributed by atoms with Crippen molar-refractivity contribution < 1.29 is 4.84 Å². The first-order chi connectivity index (χ1) is 6.22. The molecule has 0 amide bonds. The van der Waals surface area contributed by atoms with Crippen molar-refractivity contribution in [3.63, 3.8) is 0 Å². The minimum atomic E-state index is 0.433. The molecule has 0 spiro atoms. The van der Waals surface area contributed by atoms with Crippen molar-refractivity contribution >= 4 is 0 Å². The zero-order valence-electron chi connectivity index (χ0n) is 8.20. The Morgan fingerprint density at radius 2 is 2.23 bits per heavy atom. The predicted molar refractivity (Wildman–Crippen MR) is 54.5 cm³/mol. The van der Waals surface area contributed by atoms with Crippen molar-refractivity contribution in [2.45, 2.75) is 13.3 Å². The van der Waals surface area contributed by atoms with Crippen LogP contribution in [0.1, 0.15) is 13.3 Å². The molecule has 0 rings (SSSR count). The molecule has 0 aliphatic rings. The van der Waals surface area contributed by atoms with E-state index < -0.39 is 0 Å². The largest absolute Gasteiger partial charge is 0.384 e. The molecule has 0 aliphatic heterocycles. The highest BCUT2D eigenvalue weighted by Crippen LogP contribution is 1.98. The summed E-state index contributed by atoms with van der Waals surface area (Å²) in [6.07, 6.45) is 4.66. The molecule has 0 unspecified atom stereocenters. The number of hydrogen-bond acceptors (Lipinski definition) is 4. The van der Waals surface area contributed by atoms with Crippen molar-refractivity contribution in [2.24, 2.45) is 11.5 Å². The Balaban J connectivity index is 3.69. The molecular formula is C9H19N3O. The first-order valence-electron chi connectivity index (χ1n) is 4.42. The number of rotatable bonds is 7. The molecule has 13 heavy (non-hydrogen) atoms. The fourth-order valence-electron chi connectivity index (χ4n) is 0.791. The van der Waals surface area contributed by atoms with E-state index in [1.807, 2.05) is 12.2 Å². The van der Waals surface area contributed by atoms with Gasteiger partial charge >= 0.3 is 0 Å². The Kier molecular flexibility index (Phi) is 7.05. The van der Waals surface area contributed by atoms with E-state index in [1.54, 1.807) is 5.06 Å². The quantitative estimate of drug-likeness (QED) is 0.449. The molecule has 0 fully saturated rings. The summed E-state index contributed by atoms with van der Waals surface area (Å²) in [4.78, 5) is 5.31. The standard InChI is InChI=1S/C9H19N3O/c1-3-7-12(9(2)11)13-8-5-4-6-10/h4-5H,2-3,6-8,10-11H2,1H3/b5-4-. The molecule has 0 saturated carbocycles. The van der Waals surface area contributed by atoms with Crippen LogP contribution in [0, 0.1) is 0 Å². The second-order valence-electron chi connectivity index (χ2n) is 2.60. The van der Waals surface area contributed by atoms with E-state index in [2.05, 4.69) is 13.5 Å². The van der Waals surface area contributed by atoms with Gasteiger partial charge in [-0.25, -0.2) is 5.06 Å². The summed E-state index contributed by atoms with van der Waals surface area (Å²) >= 11 is 0. The molecule has 76 valence electrons. The van der Waals surface area contributed by atoms with Gasteiger partial charge in [-0.2, -0.15) is 0 Å². The first kappa shape index (κ1) is 12.0. The molecule has 0 saturated heterocycles. The van der Waals surface area contributed by atoms with E-state index in [4.69, 9.17) is 16.3 Å². The second-order valence-corrected chi connectivity index (χ2v) is 2.60. The van der Waals surface area contributed by atoms with Crippen molar-refractivity contribution in [2.75, 3.05) is 19.7 Å². The van der Waals surface area contributed by atoms with Crippen LogP contribution < -0.4 is 11.5 Å². The average molecular weight is 185 g/mol. The van der Waals surface area contributed by atoms with Crippen molar-refractivity contribution in [3.8, 4) is 0 Å². The van der Waals surface area contributed by atoms with Crippen molar-refractivity contribution in [1.29, 1.82) is 0 Å². The van der Waals surface area contributed by atoms with Gasteiger partial charge in [0.1, 0.15) is 5.82 Å². The molecule has 0 radical (unpaired) electrons. The summed E-state index contributed by atoms with van der Waals surface area (Å²) in [7, 11) is 0. The molecule has 0 atom stereocenters. The fraction of sp³-hybridized carbons (Fsp3) is 0.556. The molecule has 0 aromatic heterocycles. The maximum absolute atomic E-state index is 5.50. The lowest BCUT2D eigenvalue weighted by Crippen LogP contribution is -2.28. The molecule has 0 aliphatic carbocycles. The molecular weight excluding hydrogens is 166 g/mol. The number of nitrogens with two attached hydrogens (primary N) is 2. The fourth-order valence-corrected chi connectivity index (χ4v) is 0.791. The average Bonchev–Trinajstić information content (AvgIpc) is 2.10. The Bertz CT molecular complexity index is 168. The van der Waals surface area contributed by atoms with Crippen LogP contribution >= 0.6 is 0 Å². The third kappa shape index (κ3) is 6.19. The lowest BCUT2D eigenvalue weighted by atomic mass is 10.5. The SMILES string of the molecule is C=C(N)N(CCC)OC/C=C\CN. The van der Waals surface area contributed by atoms with E-state index in [0.29, 0.717) is 19.0 Å². The normalized spacial score (nSPS) is 10.6. The third-order valence-corrected chi connectivity index (χ3v) is 1.38. The van der Waals surface area contributed by atoms with Gasteiger partial charge in [-0.05, 0) is 6.42 Å². The number of hydroxylamine groups is 2. The molecule has 4 N–H and O–H groups in total. The summed E-state index contributed by atoms with van der Waals surface area (Å²) in [5.41, 5.74) is 10.8. The van der Waals surface area contributed by atoms with E-state index in [0.717, 1.165) is 13.0 Å². The van der Waals surface area contributed by atoms with E-state index >= 15 is 0 Å². The van der Waals surface area contributed by atoms with E-state index in [1.165, 1.54) is 0 Å². The predicted octanol–water partition coefficient (Wildman–Crippen LogP) is 0.575. The van der Waals surface area contributed by atoms with Crippen molar-refractivity contribution in [1.82, 2.24) is 5.06 Å². The Hall–Kier alpha value is -1.00. The van der Waals surface area contributed by atoms with Gasteiger partial charge in [0.2, 0.25) is 0 Å². The second kappa shape index (κ2) is 7.64. The highest BCUT2D eigenvalue weighted by atomic mass is 16.7. The smallest absolute Gasteiger partial charge is 0.116 e. The monoisotopic (exact) mass is 185 g/mol. The molecule has 0 aromatic carbocycles. The van der Waals surface area contributed by atoms with Crippen LogP contribution in [0.5, 0.6) is 0 Å². The highest BCUT2D eigenvalue weighted by Gasteiger charge is 2.01. The van der Waals surface area contributed by atoms with Gasteiger partial charge in [-0.15, -0.1) is 0 Å². The third-order valence-electron chi connectivity index (χ3n) is 1.38. The van der Waals surface area contributed by atoms with Crippen LogP contribution in [0.4, 0.5) is 0 Å². The Labute approximate surface area is 79.8 Å². The van der Waals surface area contributed by atoms with Crippen LogP contribution in [0.3, 0.4) is 0 Å². The number of nitrogens with zero attached hydrogens (tertiary/aromatic N) is 1. The van der Waals surface area contributed by atoms with Crippen LogP contribution in [0.15, 0.2) is 24.6 Å². The molecule has 4 nitrogen and oxygen atoms in total. The summed E-state index contributed by atoms with van der Waals surface area (Å²) in [5, 5.41) is 1.58. The summed E-state index contributed by atoms with van der Waals surface area (Å²) in [6, 6.07) is 0. The molecule has 0 heterocycles. The maximum atomic E-state index is 5.50. The summed E-state index contributed by atoms with van der Waals surface area (Å²) in [5.74, 6) is 0.433. The van der Waals surface area contributed by atoms with Crippen molar-refractivity contribution in [3.05, 3.63) is 24.6 Å². The van der Waals surface area contributed by atoms with E-state index in [9.17, 15) is 0 Å². The van der Waals surface area contributed by atoms with Crippen LogP contribution in [-0.2, 0) is 4.84 Å². The Morgan fingerprint density at radius 1 is 1.54 bits per heavy atom. The lowest BCUT2D eigenvalue weighted by Gasteiger charge is -2.21. The van der Waals surface area contributed by atoms with Gasteiger partial charge in [-0.1, -0.05) is 25.7 Å². The minimum Gasteiger partial charge on any atom is -0.384 e. The van der Waals surface area contributed by atoms with Gasteiger partial charge in [0.15, 0.2) is 0 Å². The summed E-state index contributed by atoms with van der Waals surface area (Å²) < 4.78 is 0. The van der Waals surface area contributed by atoms with Crippen LogP contribution in [0.25, 0.3) is 0 Å². The van der Waals surface area contributed by atoms with Gasteiger partial charge in [0, 0.05) is 13.1 Å².